The minimum absolute atomic E-state index is 0.352. The molecule has 0 radical (unpaired) electrons. The smallest absolute Gasteiger partial charge is 0.119 e. The Labute approximate surface area is 130 Å². The van der Waals surface area contributed by atoms with Gasteiger partial charge in [0.05, 0.1) is 0 Å². The van der Waals surface area contributed by atoms with Gasteiger partial charge in [-0.1, -0.05) is 11.8 Å². The molecule has 2 rings (SSSR count). The van der Waals surface area contributed by atoms with Crippen molar-refractivity contribution in [2.45, 2.75) is 51.3 Å². The standard InChI is InChI=1S/C18H22O2S/c1-9-7-15(19)11(3)13(5)17(9)21-18-10(2)8-16(20)12(4)14(18)6/h7-8,19-20H,1-6H3. The van der Waals surface area contributed by atoms with Crippen LogP contribution in [0.15, 0.2) is 21.9 Å². The van der Waals surface area contributed by atoms with E-state index in [-0.39, 0.29) is 0 Å². The van der Waals surface area contributed by atoms with Crippen molar-refractivity contribution in [3.8, 4) is 11.5 Å². The number of aromatic hydroxyl groups is 2. The van der Waals surface area contributed by atoms with Crippen molar-refractivity contribution in [3.05, 3.63) is 45.5 Å². The molecule has 0 aliphatic heterocycles. The van der Waals surface area contributed by atoms with Gasteiger partial charge in [-0.05, 0) is 87.1 Å². The lowest BCUT2D eigenvalue weighted by Gasteiger charge is -2.18. The van der Waals surface area contributed by atoms with Crippen LogP contribution in [0, 0.1) is 41.5 Å². The normalized spacial score (nSPS) is 11.0. The molecular formula is C18H22O2S. The molecular weight excluding hydrogens is 280 g/mol. The molecule has 0 bridgehead atoms. The fraction of sp³-hybridized carbons (Fsp3) is 0.333. The number of benzene rings is 2. The predicted octanol–water partition coefficient (Wildman–Crippen LogP) is 5.10. The Morgan fingerprint density at radius 2 is 0.952 bits per heavy atom. The number of hydrogen-bond acceptors (Lipinski definition) is 3. The third-order valence-corrected chi connectivity index (χ3v) is 5.87. The van der Waals surface area contributed by atoms with Crippen molar-refractivity contribution < 1.29 is 10.2 Å². The van der Waals surface area contributed by atoms with Crippen LogP contribution in [0.4, 0.5) is 0 Å². The summed E-state index contributed by atoms with van der Waals surface area (Å²) < 4.78 is 0. The molecule has 0 saturated heterocycles. The highest BCUT2D eigenvalue weighted by Gasteiger charge is 2.15. The summed E-state index contributed by atoms with van der Waals surface area (Å²) in [6, 6.07) is 3.64. The van der Waals surface area contributed by atoms with E-state index in [9.17, 15) is 10.2 Å². The zero-order chi connectivity index (χ0) is 15.9. The van der Waals surface area contributed by atoms with Gasteiger partial charge in [0.25, 0.3) is 0 Å². The van der Waals surface area contributed by atoms with Gasteiger partial charge in [0.15, 0.2) is 0 Å². The molecule has 2 aromatic rings. The molecule has 2 nitrogen and oxygen atoms in total. The third kappa shape index (κ3) is 2.75. The second kappa shape index (κ2) is 5.64. The Kier molecular flexibility index (Phi) is 4.24. The maximum atomic E-state index is 9.92. The van der Waals surface area contributed by atoms with Crippen LogP contribution >= 0.6 is 11.8 Å². The van der Waals surface area contributed by atoms with Gasteiger partial charge in [-0.15, -0.1) is 0 Å². The van der Waals surface area contributed by atoms with Crippen molar-refractivity contribution >= 4 is 11.8 Å². The van der Waals surface area contributed by atoms with Gasteiger partial charge in [-0.2, -0.15) is 0 Å². The monoisotopic (exact) mass is 302 g/mol. The Balaban J connectivity index is 2.59. The summed E-state index contributed by atoms with van der Waals surface area (Å²) >= 11 is 1.72. The second-order valence-electron chi connectivity index (χ2n) is 5.69. The van der Waals surface area contributed by atoms with Crippen LogP contribution in [-0.4, -0.2) is 10.2 Å². The zero-order valence-electron chi connectivity index (χ0n) is 13.5. The van der Waals surface area contributed by atoms with Gasteiger partial charge in [-0.25, -0.2) is 0 Å². The molecule has 0 spiro atoms. The summed E-state index contributed by atoms with van der Waals surface area (Å²) in [5, 5.41) is 19.8. The van der Waals surface area contributed by atoms with Gasteiger partial charge >= 0.3 is 0 Å². The molecule has 0 aliphatic rings. The van der Waals surface area contributed by atoms with Crippen LogP contribution in [0.1, 0.15) is 33.4 Å². The summed E-state index contributed by atoms with van der Waals surface area (Å²) in [6.45, 7) is 12.0. The Bertz CT molecular complexity index is 657. The molecule has 112 valence electrons. The molecule has 3 heteroatoms. The first-order valence-electron chi connectivity index (χ1n) is 7.01. The minimum atomic E-state index is 0.352. The molecule has 21 heavy (non-hydrogen) atoms. The molecule has 0 amide bonds. The predicted molar refractivity (Wildman–Crippen MR) is 88.8 cm³/mol. The first-order valence-corrected chi connectivity index (χ1v) is 7.83. The van der Waals surface area contributed by atoms with Crippen LogP contribution in [0.3, 0.4) is 0 Å². The molecule has 0 fully saturated rings. The van der Waals surface area contributed by atoms with E-state index in [2.05, 4.69) is 0 Å². The summed E-state index contributed by atoms with van der Waals surface area (Å²) in [6.07, 6.45) is 0. The summed E-state index contributed by atoms with van der Waals surface area (Å²) in [5.41, 5.74) is 6.22. The summed E-state index contributed by atoms with van der Waals surface area (Å²) in [5.74, 6) is 0.703. The van der Waals surface area contributed by atoms with Crippen molar-refractivity contribution in [2.24, 2.45) is 0 Å². The molecule has 0 aromatic heterocycles. The number of phenols is 2. The lowest BCUT2D eigenvalue weighted by molar-refractivity contribution is 0.469. The molecule has 2 N–H and O–H groups in total. The highest BCUT2D eigenvalue weighted by atomic mass is 32.2. The van der Waals surface area contributed by atoms with Crippen LogP contribution in [0.5, 0.6) is 11.5 Å². The average molecular weight is 302 g/mol. The van der Waals surface area contributed by atoms with Gasteiger partial charge in [0.2, 0.25) is 0 Å². The Morgan fingerprint density at radius 1 is 0.619 bits per heavy atom. The van der Waals surface area contributed by atoms with Crippen molar-refractivity contribution in [1.29, 1.82) is 0 Å². The van der Waals surface area contributed by atoms with Gasteiger partial charge in [0, 0.05) is 9.79 Å². The SMILES string of the molecule is Cc1cc(O)c(C)c(C)c1Sc1c(C)cc(O)c(C)c1C. The quantitative estimate of drug-likeness (QED) is 0.811. The first kappa shape index (κ1) is 15.8. The van der Waals surface area contributed by atoms with Crippen LogP contribution in [-0.2, 0) is 0 Å². The summed E-state index contributed by atoms with van der Waals surface area (Å²) in [4.78, 5) is 2.36. The molecule has 0 atom stereocenters. The van der Waals surface area contributed by atoms with Crippen LogP contribution in [0.25, 0.3) is 0 Å². The zero-order valence-corrected chi connectivity index (χ0v) is 14.3. The lowest BCUT2D eigenvalue weighted by Crippen LogP contribution is -1.94. The topological polar surface area (TPSA) is 40.5 Å². The van der Waals surface area contributed by atoms with E-state index in [1.165, 1.54) is 9.79 Å². The molecule has 0 heterocycles. The van der Waals surface area contributed by atoms with Gasteiger partial charge < -0.3 is 10.2 Å². The number of hydrogen-bond donors (Lipinski definition) is 2. The maximum absolute atomic E-state index is 9.92. The number of rotatable bonds is 2. The highest BCUT2D eigenvalue weighted by Crippen LogP contribution is 2.42. The average Bonchev–Trinajstić information content (AvgIpc) is 2.42. The minimum Gasteiger partial charge on any atom is -0.508 e. The van der Waals surface area contributed by atoms with E-state index in [1.807, 2.05) is 53.7 Å². The van der Waals surface area contributed by atoms with E-state index in [0.717, 1.165) is 33.4 Å². The van der Waals surface area contributed by atoms with Crippen LogP contribution in [0.2, 0.25) is 0 Å². The van der Waals surface area contributed by atoms with E-state index in [1.54, 1.807) is 11.8 Å². The fourth-order valence-electron chi connectivity index (χ4n) is 2.49. The first-order chi connectivity index (χ1) is 9.73. The van der Waals surface area contributed by atoms with Crippen molar-refractivity contribution in [3.63, 3.8) is 0 Å². The van der Waals surface area contributed by atoms with E-state index >= 15 is 0 Å². The second-order valence-corrected chi connectivity index (χ2v) is 6.71. The Morgan fingerprint density at radius 3 is 1.29 bits per heavy atom. The van der Waals surface area contributed by atoms with Gasteiger partial charge in [0.1, 0.15) is 11.5 Å². The molecule has 2 aromatic carbocycles. The Hall–Kier alpha value is -1.61. The van der Waals surface area contributed by atoms with Crippen molar-refractivity contribution in [1.82, 2.24) is 0 Å². The molecule has 0 aliphatic carbocycles. The fourth-order valence-corrected chi connectivity index (χ4v) is 3.75. The van der Waals surface area contributed by atoms with Crippen LogP contribution < -0.4 is 0 Å². The van der Waals surface area contributed by atoms with E-state index in [4.69, 9.17) is 0 Å². The molecule has 0 unspecified atom stereocenters. The van der Waals surface area contributed by atoms with Gasteiger partial charge in [-0.3, -0.25) is 0 Å². The highest BCUT2D eigenvalue weighted by molar-refractivity contribution is 7.99. The van der Waals surface area contributed by atoms with Crippen molar-refractivity contribution in [2.75, 3.05) is 0 Å². The van der Waals surface area contributed by atoms with E-state index < -0.39 is 0 Å². The number of aryl methyl sites for hydroxylation is 2. The maximum Gasteiger partial charge on any atom is 0.119 e. The number of phenolic OH excluding ortho intramolecular Hbond substituents is 2. The van der Waals surface area contributed by atoms with E-state index in [0.29, 0.717) is 11.5 Å². The third-order valence-electron chi connectivity index (χ3n) is 4.20. The molecule has 0 saturated carbocycles. The largest absolute Gasteiger partial charge is 0.508 e. The summed E-state index contributed by atoms with van der Waals surface area (Å²) in [7, 11) is 0. The lowest BCUT2D eigenvalue weighted by atomic mass is 10.1.